The third-order valence-corrected chi connectivity index (χ3v) is 4.86. The smallest absolute Gasteiger partial charge is 0.255 e. The van der Waals surface area contributed by atoms with Crippen molar-refractivity contribution in [2.45, 2.75) is 27.3 Å². The van der Waals surface area contributed by atoms with E-state index in [1.165, 1.54) is 11.1 Å². The van der Waals surface area contributed by atoms with Crippen molar-refractivity contribution in [3.63, 3.8) is 0 Å². The SMILES string of the molecule is Cc1ccc(Cn2nnc3cc(C(=O)Nc4ccc(C)cc4C)ccc32)cc1. The lowest BCUT2D eigenvalue weighted by Gasteiger charge is -2.09. The molecule has 0 spiro atoms. The van der Waals surface area contributed by atoms with Gasteiger partial charge >= 0.3 is 0 Å². The number of amides is 1. The summed E-state index contributed by atoms with van der Waals surface area (Å²) in [5.74, 6) is -0.151. The van der Waals surface area contributed by atoms with Gasteiger partial charge in [-0.2, -0.15) is 0 Å². The van der Waals surface area contributed by atoms with Gasteiger partial charge in [0.1, 0.15) is 5.52 Å². The van der Waals surface area contributed by atoms with Gasteiger partial charge in [-0.15, -0.1) is 5.10 Å². The van der Waals surface area contributed by atoms with Crippen molar-refractivity contribution in [2.24, 2.45) is 0 Å². The Morgan fingerprint density at radius 3 is 2.43 bits per heavy atom. The first-order chi connectivity index (χ1) is 13.5. The zero-order chi connectivity index (χ0) is 19.7. The first kappa shape index (κ1) is 17.9. The van der Waals surface area contributed by atoms with Gasteiger partial charge in [-0.1, -0.05) is 52.7 Å². The lowest BCUT2D eigenvalue weighted by atomic mass is 10.1. The van der Waals surface area contributed by atoms with Crippen molar-refractivity contribution in [3.8, 4) is 0 Å². The Labute approximate surface area is 164 Å². The average Bonchev–Trinajstić information content (AvgIpc) is 3.08. The molecule has 0 atom stereocenters. The summed E-state index contributed by atoms with van der Waals surface area (Å²) < 4.78 is 1.85. The summed E-state index contributed by atoms with van der Waals surface area (Å²) >= 11 is 0. The highest BCUT2D eigenvalue weighted by Gasteiger charge is 2.12. The van der Waals surface area contributed by atoms with Crippen LogP contribution in [0.4, 0.5) is 5.69 Å². The van der Waals surface area contributed by atoms with E-state index in [4.69, 9.17) is 0 Å². The minimum atomic E-state index is -0.151. The third kappa shape index (κ3) is 3.64. The van der Waals surface area contributed by atoms with Gasteiger partial charge in [-0.3, -0.25) is 4.79 Å². The second kappa shape index (κ2) is 7.27. The molecule has 0 saturated heterocycles. The minimum Gasteiger partial charge on any atom is -0.322 e. The fourth-order valence-electron chi connectivity index (χ4n) is 3.24. The van der Waals surface area contributed by atoms with Crippen molar-refractivity contribution in [2.75, 3.05) is 5.32 Å². The van der Waals surface area contributed by atoms with Crippen molar-refractivity contribution in [1.82, 2.24) is 15.0 Å². The fraction of sp³-hybridized carbons (Fsp3) is 0.174. The predicted octanol–water partition coefficient (Wildman–Crippen LogP) is 4.66. The molecule has 1 heterocycles. The molecule has 5 heteroatoms. The lowest BCUT2D eigenvalue weighted by molar-refractivity contribution is 0.102. The van der Waals surface area contributed by atoms with Gasteiger partial charge in [0.25, 0.3) is 5.91 Å². The molecule has 5 nitrogen and oxygen atoms in total. The molecule has 28 heavy (non-hydrogen) atoms. The Bertz CT molecular complexity index is 1160. The topological polar surface area (TPSA) is 59.8 Å². The highest BCUT2D eigenvalue weighted by Crippen LogP contribution is 2.19. The summed E-state index contributed by atoms with van der Waals surface area (Å²) in [5.41, 5.74) is 7.60. The van der Waals surface area contributed by atoms with Gasteiger partial charge in [-0.05, 0) is 56.2 Å². The number of benzene rings is 3. The molecule has 0 aliphatic carbocycles. The van der Waals surface area contributed by atoms with Crippen LogP contribution < -0.4 is 5.32 Å². The number of aryl methyl sites for hydroxylation is 3. The van der Waals surface area contributed by atoms with Crippen LogP contribution in [-0.2, 0) is 6.54 Å². The predicted molar refractivity (Wildman–Crippen MR) is 112 cm³/mol. The molecule has 0 saturated carbocycles. The lowest BCUT2D eigenvalue weighted by Crippen LogP contribution is -2.12. The van der Waals surface area contributed by atoms with Crippen molar-refractivity contribution >= 4 is 22.6 Å². The molecule has 0 unspecified atom stereocenters. The molecule has 0 fully saturated rings. The van der Waals surface area contributed by atoms with Crippen LogP contribution in [0.1, 0.15) is 32.6 Å². The van der Waals surface area contributed by atoms with Gasteiger partial charge in [0, 0.05) is 11.3 Å². The van der Waals surface area contributed by atoms with Gasteiger partial charge < -0.3 is 5.32 Å². The zero-order valence-electron chi connectivity index (χ0n) is 16.2. The number of nitrogens with zero attached hydrogens (tertiary/aromatic N) is 3. The van der Waals surface area contributed by atoms with E-state index in [1.807, 2.05) is 42.8 Å². The standard InChI is InChI=1S/C23H22N4O/c1-15-4-7-18(8-5-15)14-27-22-11-9-19(13-21(22)25-26-27)23(28)24-20-10-6-16(2)12-17(20)3/h4-13H,14H2,1-3H3,(H,24,28). The number of hydrogen-bond donors (Lipinski definition) is 1. The molecule has 0 bridgehead atoms. The van der Waals surface area contributed by atoms with Crippen LogP contribution >= 0.6 is 0 Å². The van der Waals surface area contributed by atoms with Crippen LogP contribution in [0.3, 0.4) is 0 Å². The van der Waals surface area contributed by atoms with Crippen molar-refractivity contribution in [3.05, 3.63) is 88.5 Å². The number of anilines is 1. The number of fused-ring (bicyclic) bond motifs is 1. The third-order valence-electron chi connectivity index (χ3n) is 4.86. The number of rotatable bonds is 4. The maximum atomic E-state index is 12.7. The van der Waals surface area contributed by atoms with E-state index in [0.717, 1.165) is 22.3 Å². The van der Waals surface area contributed by atoms with Gasteiger partial charge in [0.05, 0.1) is 12.1 Å². The second-order valence-corrected chi connectivity index (χ2v) is 7.21. The van der Waals surface area contributed by atoms with Crippen molar-refractivity contribution in [1.29, 1.82) is 0 Å². The van der Waals surface area contributed by atoms with E-state index in [9.17, 15) is 4.79 Å². The van der Waals surface area contributed by atoms with Crippen LogP contribution in [0.15, 0.2) is 60.7 Å². The summed E-state index contributed by atoms with van der Waals surface area (Å²) in [5, 5.41) is 11.5. The molecule has 1 N–H and O–H groups in total. The number of nitrogens with one attached hydrogen (secondary N) is 1. The van der Waals surface area contributed by atoms with Gasteiger partial charge in [0.2, 0.25) is 0 Å². The van der Waals surface area contributed by atoms with Crippen LogP contribution in [-0.4, -0.2) is 20.9 Å². The molecular formula is C23H22N4O. The maximum absolute atomic E-state index is 12.7. The van der Waals surface area contributed by atoms with E-state index in [0.29, 0.717) is 17.6 Å². The second-order valence-electron chi connectivity index (χ2n) is 7.21. The molecule has 4 rings (SSSR count). The summed E-state index contributed by atoms with van der Waals surface area (Å²) in [6.07, 6.45) is 0. The van der Waals surface area contributed by atoms with E-state index < -0.39 is 0 Å². The number of hydrogen-bond acceptors (Lipinski definition) is 3. The minimum absolute atomic E-state index is 0.151. The molecule has 3 aromatic carbocycles. The zero-order valence-corrected chi connectivity index (χ0v) is 16.2. The molecule has 1 amide bonds. The Hall–Kier alpha value is -3.47. The Morgan fingerprint density at radius 2 is 1.68 bits per heavy atom. The quantitative estimate of drug-likeness (QED) is 0.568. The van der Waals surface area contributed by atoms with Gasteiger partial charge in [-0.25, -0.2) is 4.68 Å². The number of carbonyl (C=O) groups excluding carboxylic acids is 1. The van der Waals surface area contributed by atoms with Crippen LogP contribution in [0.2, 0.25) is 0 Å². The maximum Gasteiger partial charge on any atom is 0.255 e. The molecule has 140 valence electrons. The molecule has 0 radical (unpaired) electrons. The highest BCUT2D eigenvalue weighted by atomic mass is 16.1. The van der Waals surface area contributed by atoms with E-state index in [2.05, 4.69) is 52.9 Å². The molecular weight excluding hydrogens is 348 g/mol. The number of carbonyl (C=O) groups is 1. The Balaban J connectivity index is 1.56. The van der Waals surface area contributed by atoms with Crippen LogP contribution in [0, 0.1) is 20.8 Å². The van der Waals surface area contributed by atoms with Crippen LogP contribution in [0.25, 0.3) is 11.0 Å². The number of aromatic nitrogens is 3. The molecule has 0 aliphatic rings. The fourth-order valence-corrected chi connectivity index (χ4v) is 3.24. The Morgan fingerprint density at radius 1 is 0.929 bits per heavy atom. The van der Waals surface area contributed by atoms with Crippen molar-refractivity contribution < 1.29 is 4.79 Å². The van der Waals surface area contributed by atoms with E-state index >= 15 is 0 Å². The summed E-state index contributed by atoms with van der Waals surface area (Å²) in [7, 11) is 0. The van der Waals surface area contributed by atoms with Gasteiger partial charge in [0.15, 0.2) is 0 Å². The largest absolute Gasteiger partial charge is 0.322 e. The first-order valence-electron chi connectivity index (χ1n) is 9.27. The van der Waals surface area contributed by atoms with E-state index in [1.54, 1.807) is 6.07 Å². The monoisotopic (exact) mass is 370 g/mol. The Kier molecular flexibility index (Phi) is 4.65. The molecule has 1 aromatic heterocycles. The average molecular weight is 370 g/mol. The van der Waals surface area contributed by atoms with E-state index in [-0.39, 0.29) is 5.91 Å². The summed E-state index contributed by atoms with van der Waals surface area (Å²) in [4.78, 5) is 12.7. The normalized spacial score (nSPS) is 11.0. The molecule has 4 aromatic rings. The molecule has 0 aliphatic heterocycles. The summed E-state index contributed by atoms with van der Waals surface area (Å²) in [6, 6.07) is 19.8. The van der Waals surface area contributed by atoms with Crippen LogP contribution in [0.5, 0.6) is 0 Å². The summed E-state index contributed by atoms with van der Waals surface area (Å²) in [6.45, 7) is 6.74. The highest BCUT2D eigenvalue weighted by molar-refractivity contribution is 6.06. The first-order valence-corrected chi connectivity index (χ1v) is 9.27.